The monoisotopic (exact) mass is 476 g/mol. The predicted molar refractivity (Wildman–Crippen MR) is 148 cm³/mol. The molecule has 6 heteroatoms. The summed E-state index contributed by atoms with van der Waals surface area (Å²) in [6.45, 7) is 0. The van der Waals surface area contributed by atoms with E-state index in [1.54, 1.807) is 7.11 Å². The van der Waals surface area contributed by atoms with Gasteiger partial charge in [-0.25, -0.2) is 9.97 Å². The Morgan fingerprint density at radius 1 is 0.743 bits per heavy atom. The summed E-state index contributed by atoms with van der Waals surface area (Å²) in [5, 5.41) is 3.90. The molecule has 0 spiro atoms. The third kappa shape index (κ3) is 4.83. The van der Waals surface area contributed by atoms with Crippen molar-refractivity contribution in [3.05, 3.63) is 103 Å². The molecule has 1 N–H and O–H groups in total. The third-order valence-electron chi connectivity index (χ3n) is 5.77. The van der Waals surface area contributed by atoms with E-state index in [2.05, 4.69) is 29.6 Å². The Bertz CT molecular complexity index is 1470. The van der Waals surface area contributed by atoms with Crippen LogP contribution >= 0.6 is 12.2 Å². The summed E-state index contributed by atoms with van der Waals surface area (Å²) in [5.41, 5.74) is 7.19. The molecule has 1 aromatic heterocycles. The van der Waals surface area contributed by atoms with Gasteiger partial charge in [-0.05, 0) is 54.7 Å². The average molecular weight is 477 g/mol. The van der Waals surface area contributed by atoms with Gasteiger partial charge in [0.15, 0.2) is 5.11 Å². The number of rotatable bonds is 5. The number of hydrogen-bond acceptors (Lipinski definition) is 4. The molecule has 0 bridgehead atoms. The van der Waals surface area contributed by atoms with Crippen LogP contribution in [0.5, 0.6) is 5.75 Å². The number of hydrogen-bond donors (Lipinski definition) is 1. The molecule has 0 atom stereocenters. The first-order chi connectivity index (χ1) is 17.1. The van der Waals surface area contributed by atoms with Crippen LogP contribution in [0, 0.1) is 0 Å². The van der Waals surface area contributed by atoms with E-state index in [1.165, 1.54) is 0 Å². The maximum absolute atomic E-state index is 5.66. The lowest BCUT2D eigenvalue weighted by Crippen LogP contribution is -2.30. The molecule has 0 unspecified atom stereocenters. The molecular formula is C29H24N4OS. The number of benzene rings is 4. The van der Waals surface area contributed by atoms with Crippen molar-refractivity contribution in [1.82, 2.24) is 9.97 Å². The van der Waals surface area contributed by atoms with Crippen LogP contribution in [0.25, 0.3) is 33.5 Å². The molecule has 0 aliphatic heterocycles. The number of anilines is 2. The van der Waals surface area contributed by atoms with Crippen molar-refractivity contribution >= 4 is 39.7 Å². The zero-order chi connectivity index (χ0) is 24.2. The average Bonchev–Trinajstić information content (AvgIpc) is 2.93. The van der Waals surface area contributed by atoms with Gasteiger partial charge < -0.3 is 15.0 Å². The van der Waals surface area contributed by atoms with Crippen molar-refractivity contribution in [2.75, 3.05) is 24.4 Å². The Morgan fingerprint density at radius 3 is 1.89 bits per heavy atom. The highest BCUT2D eigenvalue weighted by molar-refractivity contribution is 7.80. The molecule has 0 amide bonds. The van der Waals surface area contributed by atoms with E-state index >= 15 is 0 Å². The highest BCUT2D eigenvalue weighted by Gasteiger charge is 2.14. The number of nitrogens with zero attached hydrogens (tertiary/aromatic N) is 3. The summed E-state index contributed by atoms with van der Waals surface area (Å²) in [6.07, 6.45) is 0. The largest absolute Gasteiger partial charge is 0.497 e. The molecule has 35 heavy (non-hydrogen) atoms. The first-order valence-corrected chi connectivity index (χ1v) is 11.6. The third-order valence-corrected chi connectivity index (χ3v) is 6.15. The Kier molecular flexibility index (Phi) is 6.37. The van der Waals surface area contributed by atoms with Crippen LogP contribution in [0.4, 0.5) is 11.4 Å². The summed E-state index contributed by atoms with van der Waals surface area (Å²) in [6, 6.07) is 34.0. The fraction of sp³-hybridized carbons (Fsp3) is 0.0690. The molecule has 0 aliphatic carbocycles. The van der Waals surface area contributed by atoms with E-state index in [0.29, 0.717) is 5.11 Å². The van der Waals surface area contributed by atoms with Crippen molar-refractivity contribution in [1.29, 1.82) is 0 Å². The molecule has 0 radical (unpaired) electrons. The van der Waals surface area contributed by atoms with E-state index in [9.17, 15) is 0 Å². The van der Waals surface area contributed by atoms with Gasteiger partial charge in [0.25, 0.3) is 0 Å². The molecule has 0 aliphatic rings. The van der Waals surface area contributed by atoms with Gasteiger partial charge in [0.2, 0.25) is 0 Å². The predicted octanol–water partition coefficient (Wildman–Crippen LogP) is 6.81. The molecule has 0 fully saturated rings. The van der Waals surface area contributed by atoms with Gasteiger partial charge in [0.05, 0.1) is 29.5 Å². The van der Waals surface area contributed by atoms with Crippen LogP contribution in [-0.2, 0) is 0 Å². The van der Waals surface area contributed by atoms with E-state index in [4.69, 9.17) is 26.9 Å². The van der Waals surface area contributed by atoms with Crippen molar-refractivity contribution in [3.63, 3.8) is 0 Å². The summed E-state index contributed by atoms with van der Waals surface area (Å²) in [4.78, 5) is 11.9. The Balaban J connectivity index is 1.49. The van der Waals surface area contributed by atoms with Gasteiger partial charge >= 0.3 is 0 Å². The molecular weight excluding hydrogens is 452 g/mol. The summed E-state index contributed by atoms with van der Waals surface area (Å²) >= 11 is 5.66. The Labute approximate surface area is 210 Å². The van der Waals surface area contributed by atoms with E-state index in [0.717, 1.165) is 50.7 Å². The lowest BCUT2D eigenvalue weighted by Gasteiger charge is -2.21. The maximum Gasteiger partial charge on any atom is 0.177 e. The normalized spacial score (nSPS) is 10.7. The fourth-order valence-electron chi connectivity index (χ4n) is 3.86. The Hall–Kier alpha value is -4.29. The topological polar surface area (TPSA) is 50.3 Å². The summed E-state index contributed by atoms with van der Waals surface area (Å²) < 4.78 is 5.24. The van der Waals surface area contributed by atoms with Crippen LogP contribution in [0.3, 0.4) is 0 Å². The molecule has 5 nitrogen and oxygen atoms in total. The van der Waals surface area contributed by atoms with E-state index in [1.807, 2.05) is 90.8 Å². The highest BCUT2D eigenvalue weighted by atomic mass is 32.1. The summed E-state index contributed by atoms with van der Waals surface area (Å²) in [5.74, 6) is 0.804. The maximum atomic E-state index is 5.66. The molecule has 5 aromatic rings. The highest BCUT2D eigenvalue weighted by Crippen LogP contribution is 2.31. The number of fused-ring (bicyclic) bond motifs is 1. The number of ether oxygens (including phenoxy) is 1. The summed E-state index contributed by atoms with van der Waals surface area (Å²) in [7, 11) is 3.58. The quantitative estimate of drug-likeness (QED) is 0.281. The Morgan fingerprint density at radius 2 is 1.31 bits per heavy atom. The van der Waals surface area contributed by atoms with Crippen molar-refractivity contribution in [3.8, 4) is 28.3 Å². The van der Waals surface area contributed by atoms with Gasteiger partial charge in [-0.3, -0.25) is 0 Å². The van der Waals surface area contributed by atoms with Crippen LogP contribution in [-0.4, -0.2) is 29.2 Å². The number of aromatic nitrogens is 2. The number of thiocarbonyl (C=S) groups is 1. The van der Waals surface area contributed by atoms with E-state index in [-0.39, 0.29) is 0 Å². The lowest BCUT2D eigenvalue weighted by molar-refractivity contribution is 0.415. The number of nitrogens with one attached hydrogen (secondary N) is 1. The molecule has 1 heterocycles. The molecule has 4 aromatic carbocycles. The minimum atomic E-state index is 0.576. The van der Waals surface area contributed by atoms with Gasteiger partial charge in [-0.1, -0.05) is 60.7 Å². The van der Waals surface area contributed by atoms with Crippen molar-refractivity contribution in [2.24, 2.45) is 0 Å². The van der Waals surface area contributed by atoms with E-state index < -0.39 is 0 Å². The van der Waals surface area contributed by atoms with Crippen molar-refractivity contribution in [2.45, 2.75) is 0 Å². The first-order valence-electron chi connectivity index (χ1n) is 11.2. The van der Waals surface area contributed by atoms with Crippen LogP contribution in [0.15, 0.2) is 103 Å². The second kappa shape index (κ2) is 9.91. The van der Waals surface area contributed by atoms with Crippen LogP contribution in [0.2, 0.25) is 0 Å². The molecule has 172 valence electrons. The minimum absolute atomic E-state index is 0.576. The molecule has 5 rings (SSSR count). The molecule has 0 saturated heterocycles. The van der Waals surface area contributed by atoms with Crippen LogP contribution in [0.1, 0.15) is 0 Å². The van der Waals surface area contributed by atoms with Gasteiger partial charge in [-0.2, -0.15) is 0 Å². The SMILES string of the molecule is COc1ccc(N(C)C(=S)Nc2ccc3nc(-c4ccccc4)c(-c4ccccc4)nc3c2)cc1. The second-order valence-corrected chi connectivity index (χ2v) is 8.43. The first kappa shape index (κ1) is 22.5. The standard InChI is InChI=1S/C29H24N4OS/c1-33(23-14-16-24(34-2)17-15-23)29(35)30-22-13-18-25-26(19-22)32-28(21-11-7-4-8-12-21)27(31-25)20-9-5-3-6-10-20/h3-19H,1-2H3,(H,30,35). The second-order valence-electron chi connectivity index (χ2n) is 8.04. The zero-order valence-corrected chi connectivity index (χ0v) is 20.3. The fourth-order valence-corrected chi connectivity index (χ4v) is 4.08. The zero-order valence-electron chi connectivity index (χ0n) is 19.5. The van der Waals surface area contributed by atoms with Gasteiger partial charge in [0, 0.05) is 29.5 Å². The molecule has 0 saturated carbocycles. The number of methoxy groups -OCH3 is 1. The smallest absolute Gasteiger partial charge is 0.177 e. The minimum Gasteiger partial charge on any atom is -0.497 e. The van der Waals surface area contributed by atoms with Gasteiger partial charge in [0.1, 0.15) is 5.75 Å². The van der Waals surface area contributed by atoms with Gasteiger partial charge in [-0.15, -0.1) is 0 Å². The lowest BCUT2D eigenvalue weighted by atomic mass is 10.0. The van der Waals surface area contributed by atoms with Crippen LogP contribution < -0.4 is 15.0 Å². The van der Waals surface area contributed by atoms with Crippen molar-refractivity contribution < 1.29 is 4.74 Å².